The first-order chi connectivity index (χ1) is 20.3. The van der Waals surface area contributed by atoms with Gasteiger partial charge in [0.25, 0.3) is 0 Å². The Morgan fingerprint density at radius 2 is 1.52 bits per heavy atom. The minimum atomic E-state index is -1.46. The molecule has 6 rings (SSSR count). The molecule has 2 aliphatic heterocycles. The van der Waals surface area contributed by atoms with Crippen LogP contribution in [0.4, 0.5) is 4.79 Å². The normalized spacial score (nSPS) is 23.4. The predicted octanol–water partition coefficient (Wildman–Crippen LogP) is 3.87. The molecule has 0 bridgehead atoms. The minimum absolute atomic E-state index is 0.0789. The van der Waals surface area contributed by atoms with E-state index in [0.717, 1.165) is 27.8 Å². The second-order valence-electron chi connectivity index (χ2n) is 11.5. The molecule has 9 heteroatoms. The average molecular weight is 570 g/mol. The van der Waals surface area contributed by atoms with Gasteiger partial charge in [-0.2, -0.15) is 0 Å². The monoisotopic (exact) mass is 569 g/mol. The third-order valence-corrected chi connectivity index (χ3v) is 8.99. The number of carboxylic acids is 1. The summed E-state index contributed by atoms with van der Waals surface area (Å²) < 4.78 is 11.2. The molecule has 3 aromatic carbocycles. The summed E-state index contributed by atoms with van der Waals surface area (Å²) in [6, 6.07) is 26.2. The standard InChI is InChI=1S/C33H35N3O6/c1-41-33(30(38)39)16-18-36(22-33)29(37)32(15-17-35(21-32)19-23-9-3-2-4-10-23)34-31(40)42-20-28-26-13-7-5-11-24(26)25-12-6-8-14-27(25)28/h2-14,28H,15-22H2,1H3,(H,34,40)(H,38,39). The van der Waals surface area contributed by atoms with E-state index in [2.05, 4.69) is 34.5 Å². The molecule has 0 spiro atoms. The van der Waals surface area contributed by atoms with Crippen LogP contribution in [0.5, 0.6) is 0 Å². The Bertz CT molecular complexity index is 1450. The lowest BCUT2D eigenvalue weighted by molar-refractivity contribution is -0.161. The number of hydrogen-bond acceptors (Lipinski definition) is 6. The van der Waals surface area contributed by atoms with Crippen molar-refractivity contribution in [1.82, 2.24) is 15.1 Å². The Morgan fingerprint density at radius 1 is 0.881 bits per heavy atom. The van der Waals surface area contributed by atoms with Crippen molar-refractivity contribution in [3.63, 3.8) is 0 Å². The fourth-order valence-corrected chi connectivity index (χ4v) is 6.71. The molecule has 3 aliphatic rings. The van der Waals surface area contributed by atoms with Gasteiger partial charge in [-0.05, 0) is 34.2 Å². The van der Waals surface area contributed by atoms with E-state index in [0.29, 0.717) is 19.5 Å². The molecule has 3 aromatic rings. The van der Waals surface area contributed by atoms with Gasteiger partial charge in [-0.1, -0.05) is 78.9 Å². The molecule has 0 aromatic heterocycles. The van der Waals surface area contributed by atoms with Crippen LogP contribution in [-0.2, 0) is 25.6 Å². The number of carbonyl (C=O) groups is 3. The number of nitrogens with one attached hydrogen (secondary N) is 1. The van der Waals surface area contributed by atoms with E-state index in [1.807, 2.05) is 54.6 Å². The van der Waals surface area contributed by atoms with E-state index in [1.54, 1.807) is 0 Å². The largest absolute Gasteiger partial charge is 0.479 e. The zero-order valence-corrected chi connectivity index (χ0v) is 23.6. The Labute approximate surface area is 245 Å². The van der Waals surface area contributed by atoms with E-state index >= 15 is 0 Å². The molecular formula is C33H35N3O6. The highest BCUT2D eigenvalue weighted by Crippen LogP contribution is 2.44. The molecule has 2 amide bonds. The molecule has 42 heavy (non-hydrogen) atoms. The van der Waals surface area contributed by atoms with Crippen molar-refractivity contribution in [2.24, 2.45) is 0 Å². The fourth-order valence-electron chi connectivity index (χ4n) is 6.71. The Hall–Kier alpha value is -4.21. The third kappa shape index (κ3) is 5.03. The molecule has 1 aliphatic carbocycles. The van der Waals surface area contributed by atoms with Crippen LogP contribution < -0.4 is 5.32 Å². The van der Waals surface area contributed by atoms with Crippen LogP contribution in [0.2, 0.25) is 0 Å². The summed E-state index contributed by atoms with van der Waals surface area (Å²) in [6.07, 6.45) is -0.103. The van der Waals surface area contributed by atoms with Gasteiger partial charge in [0, 0.05) is 45.6 Å². The maximum atomic E-state index is 14.1. The molecule has 2 saturated heterocycles. The lowest BCUT2D eigenvalue weighted by Crippen LogP contribution is -2.61. The second kappa shape index (κ2) is 11.2. The zero-order chi connectivity index (χ0) is 29.3. The summed E-state index contributed by atoms with van der Waals surface area (Å²) in [5, 5.41) is 12.7. The van der Waals surface area contributed by atoms with Crippen LogP contribution in [0, 0.1) is 0 Å². The number of likely N-dealkylation sites (tertiary alicyclic amines) is 2. The highest BCUT2D eigenvalue weighted by Gasteiger charge is 2.53. The van der Waals surface area contributed by atoms with E-state index in [9.17, 15) is 19.5 Å². The van der Waals surface area contributed by atoms with Gasteiger partial charge >= 0.3 is 12.1 Å². The van der Waals surface area contributed by atoms with Crippen LogP contribution in [-0.4, -0.2) is 83.9 Å². The van der Waals surface area contributed by atoms with Crippen molar-refractivity contribution in [3.8, 4) is 11.1 Å². The van der Waals surface area contributed by atoms with Gasteiger partial charge < -0.3 is 24.8 Å². The number of methoxy groups -OCH3 is 1. The molecular weight excluding hydrogens is 534 g/mol. The Morgan fingerprint density at radius 3 is 2.14 bits per heavy atom. The Kier molecular flexibility index (Phi) is 7.47. The summed E-state index contributed by atoms with van der Waals surface area (Å²) in [5.41, 5.74) is 2.88. The van der Waals surface area contributed by atoms with E-state index in [1.165, 1.54) is 12.0 Å². The number of nitrogens with zero attached hydrogens (tertiary/aromatic N) is 2. The minimum Gasteiger partial charge on any atom is -0.479 e. The summed E-state index contributed by atoms with van der Waals surface area (Å²) in [6.45, 7) is 1.78. The van der Waals surface area contributed by atoms with Gasteiger partial charge in [0.15, 0.2) is 5.60 Å². The van der Waals surface area contributed by atoms with Crippen molar-refractivity contribution in [2.45, 2.75) is 36.4 Å². The molecule has 2 fully saturated rings. The number of hydrogen-bond donors (Lipinski definition) is 2. The van der Waals surface area contributed by atoms with Gasteiger partial charge in [-0.25, -0.2) is 9.59 Å². The van der Waals surface area contributed by atoms with Crippen molar-refractivity contribution in [3.05, 3.63) is 95.6 Å². The van der Waals surface area contributed by atoms with E-state index in [-0.39, 0.29) is 44.5 Å². The van der Waals surface area contributed by atoms with Crippen molar-refractivity contribution >= 4 is 18.0 Å². The topological polar surface area (TPSA) is 108 Å². The first-order valence-electron chi connectivity index (χ1n) is 14.3. The maximum absolute atomic E-state index is 14.1. The molecule has 2 heterocycles. The number of ether oxygens (including phenoxy) is 2. The number of amides is 2. The lowest BCUT2D eigenvalue weighted by Gasteiger charge is -2.34. The lowest BCUT2D eigenvalue weighted by atomic mass is 9.96. The molecule has 9 nitrogen and oxygen atoms in total. The number of benzene rings is 3. The number of aliphatic carboxylic acids is 1. The van der Waals surface area contributed by atoms with Gasteiger partial charge in [0.05, 0.1) is 6.54 Å². The second-order valence-corrected chi connectivity index (χ2v) is 11.5. The van der Waals surface area contributed by atoms with Gasteiger partial charge in [-0.3, -0.25) is 9.69 Å². The Balaban J connectivity index is 1.20. The predicted molar refractivity (Wildman–Crippen MR) is 156 cm³/mol. The zero-order valence-electron chi connectivity index (χ0n) is 23.6. The molecule has 2 unspecified atom stereocenters. The molecule has 2 atom stereocenters. The molecule has 0 radical (unpaired) electrons. The first-order valence-corrected chi connectivity index (χ1v) is 14.3. The number of carbonyl (C=O) groups excluding carboxylic acids is 2. The average Bonchev–Trinajstić information content (AvgIpc) is 3.72. The van der Waals surface area contributed by atoms with Crippen LogP contribution in [0.1, 0.15) is 35.4 Å². The van der Waals surface area contributed by atoms with Crippen LogP contribution in [0.3, 0.4) is 0 Å². The summed E-state index contributed by atoms with van der Waals surface area (Å²) >= 11 is 0. The summed E-state index contributed by atoms with van der Waals surface area (Å²) in [4.78, 5) is 43.1. The van der Waals surface area contributed by atoms with Crippen molar-refractivity contribution in [1.29, 1.82) is 0 Å². The quantitative estimate of drug-likeness (QED) is 0.424. The van der Waals surface area contributed by atoms with Gasteiger partial charge in [0.2, 0.25) is 5.91 Å². The summed E-state index contributed by atoms with van der Waals surface area (Å²) in [7, 11) is 1.35. The molecule has 0 saturated carbocycles. The van der Waals surface area contributed by atoms with Crippen LogP contribution >= 0.6 is 0 Å². The highest BCUT2D eigenvalue weighted by atomic mass is 16.5. The first kappa shape index (κ1) is 27.9. The fraction of sp³-hybridized carbons (Fsp3) is 0.364. The number of carboxylic acid groups (broad SMARTS) is 1. The number of fused-ring (bicyclic) bond motifs is 3. The van der Waals surface area contributed by atoms with Crippen LogP contribution in [0.25, 0.3) is 11.1 Å². The van der Waals surface area contributed by atoms with Gasteiger partial charge in [-0.15, -0.1) is 0 Å². The van der Waals surface area contributed by atoms with Crippen molar-refractivity contribution in [2.75, 3.05) is 39.9 Å². The smallest absolute Gasteiger partial charge is 0.408 e. The van der Waals surface area contributed by atoms with E-state index < -0.39 is 23.2 Å². The maximum Gasteiger partial charge on any atom is 0.408 e. The summed E-state index contributed by atoms with van der Waals surface area (Å²) in [5.74, 6) is -1.52. The van der Waals surface area contributed by atoms with Crippen molar-refractivity contribution < 1.29 is 29.0 Å². The van der Waals surface area contributed by atoms with Crippen LogP contribution in [0.15, 0.2) is 78.9 Å². The SMILES string of the molecule is COC1(C(=O)O)CCN(C(=O)C2(NC(=O)OCC3c4ccccc4-c4ccccc43)CCN(Cc3ccccc3)C2)C1. The molecule has 2 N–H and O–H groups in total. The third-order valence-electron chi connectivity index (χ3n) is 8.99. The number of alkyl carbamates (subject to hydrolysis) is 1. The van der Waals surface area contributed by atoms with Gasteiger partial charge in [0.1, 0.15) is 12.1 Å². The molecule has 218 valence electrons. The number of rotatable bonds is 8. The van der Waals surface area contributed by atoms with E-state index in [4.69, 9.17) is 9.47 Å². The highest BCUT2D eigenvalue weighted by molar-refractivity contribution is 5.92.